The van der Waals surface area contributed by atoms with Crippen LogP contribution in [-0.4, -0.2) is 5.11 Å². The molecular formula is C9H7BrF2O. The van der Waals surface area contributed by atoms with E-state index in [9.17, 15) is 8.78 Å². The molecule has 0 bridgehead atoms. The van der Waals surface area contributed by atoms with Gasteiger partial charge in [0.15, 0.2) is 0 Å². The van der Waals surface area contributed by atoms with E-state index in [1.54, 1.807) is 0 Å². The molecule has 4 heteroatoms. The average Bonchev–Trinajstić information content (AvgIpc) is 2.04. The second-order valence-electron chi connectivity index (χ2n) is 2.45. The van der Waals surface area contributed by atoms with Gasteiger partial charge in [0, 0.05) is 15.6 Å². The van der Waals surface area contributed by atoms with Crippen LogP contribution in [0.15, 0.2) is 18.7 Å². The molecule has 0 aliphatic heterocycles. The fourth-order valence-electron chi connectivity index (χ4n) is 0.952. The first-order valence-corrected chi connectivity index (χ1v) is 4.29. The number of halogens is 3. The Kier molecular flexibility index (Phi) is 3.17. The fourth-order valence-corrected chi connectivity index (χ4v) is 1.26. The van der Waals surface area contributed by atoms with Gasteiger partial charge in [0.05, 0.1) is 6.61 Å². The Hall–Kier alpha value is -0.740. The first-order valence-electron chi connectivity index (χ1n) is 3.50. The molecule has 1 rings (SSSR count). The molecule has 1 aromatic carbocycles. The van der Waals surface area contributed by atoms with E-state index >= 15 is 0 Å². The molecular weight excluding hydrogens is 242 g/mol. The van der Waals surface area contributed by atoms with Crippen LogP contribution in [0.2, 0.25) is 0 Å². The van der Waals surface area contributed by atoms with Crippen molar-refractivity contribution in [3.05, 3.63) is 41.5 Å². The van der Waals surface area contributed by atoms with Crippen molar-refractivity contribution in [2.24, 2.45) is 0 Å². The topological polar surface area (TPSA) is 20.2 Å². The summed E-state index contributed by atoms with van der Waals surface area (Å²) in [7, 11) is 0. The number of rotatable bonds is 2. The van der Waals surface area contributed by atoms with Crippen LogP contribution in [0.25, 0.3) is 4.48 Å². The number of hydrogen-bond acceptors (Lipinski definition) is 1. The van der Waals surface area contributed by atoms with Crippen LogP contribution in [0.4, 0.5) is 8.78 Å². The van der Waals surface area contributed by atoms with Crippen molar-refractivity contribution >= 4 is 20.4 Å². The Morgan fingerprint density at radius 2 is 2.08 bits per heavy atom. The summed E-state index contributed by atoms with van der Waals surface area (Å²) in [5.41, 5.74) is -0.177. The summed E-state index contributed by atoms with van der Waals surface area (Å²) in [6, 6.07) is 2.36. The number of aliphatic hydroxyl groups is 1. The summed E-state index contributed by atoms with van der Waals surface area (Å²) < 4.78 is 26.5. The van der Waals surface area contributed by atoms with Gasteiger partial charge in [-0.25, -0.2) is 8.78 Å². The molecule has 0 saturated heterocycles. The van der Waals surface area contributed by atoms with Gasteiger partial charge in [-0.15, -0.1) is 0 Å². The van der Waals surface area contributed by atoms with Crippen LogP contribution in [0.5, 0.6) is 0 Å². The second kappa shape index (κ2) is 3.98. The fraction of sp³-hybridized carbons (Fsp3) is 0.111. The van der Waals surface area contributed by atoms with E-state index in [2.05, 4.69) is 22.5 Å². The van der Waals surface area contributed by atoms with Crippen molar-refractivity contribution in [3.63, 3.8) is 0 Å². The normalized spacial score (nSPS) is 10.2. The van der Waals surface area contributed by atoms with Gasteiger partial charge in [0.2, 0.25) is 0 Å². The first-order chi connectivity index (χ1) is 6.07. The predicted octanol–water partition coefficient (Wildman–Crippen LogP) is 2.82. The largest absolute Gasteiger partial charge is 0.391 e. The number of hydrogen-bond donors (Lipinski definition) is 1. The molecule has 0 amide bonds. The maximum Gasteiger partial charge on any atom is 0.139 e. The minimum absolute atomic E-state index is 0.158. The monoisotopic (exact) mass is 248 g/mol. The molecule has 1 nitrogen and oxygen atoms in total. The first kappa shape index (κ1) is 10.3. The van der Waals surface area contributed by atoms with Crippen molar-refractivity contribution in [1.82, 2.24) is 0 Å². The second-order valence-corrected chi connectivity index (χ2v) is 3.41. The van der Waals surface area contributed by atoms with Crippen LogP contribution in [0.3, 0.4) is 0 Å². The standard InChI is InChI=1S/C9H7BrF2O/c1-5(10)6-2-3-8(11)7(4-13)9(6)12/h2-3,13H,1,4H2. The van der Waals surface area contributed by atoms with Crippen molar-refractivity contribution in [2.75, 3.05) is 0 Å². The molecule has 0 spiro atoms. The predicted molar refractivity (Wildman–Crippen MR) is 50.2 cm³/mol. The lowest BCUT2D eigenvalue weighted by atomic mass is 10.1. The van der Waals surface area contributed by atoms with E-state index in [1.807, 2.05) is 0 Å². The molecule has 1 aromatic rings. The molecule has 0 unspecified atom stereocenters. The quantitative estimate of drug-likeness (QED) is 0.854. The SMILES string of the molecule is C=C(Br)c1ccc(F)c(CO)c1F. The lowest BCUT2D eigenvalue weighted by Crippen LogP contribution is -1.98. The molecule has 70 valence electrons. The highest BCUT2D eigenvalue weighted by molar-refractivity contribution is 9.15. The minimum Gasteiger partial charge on any atom is -0.391 e. The minimum atomic E-state index is -0.774. The molecule has 0 heterocycles. The van der Waals surface area contributed by atoms with Crippen LogP contribution in [0, 0.1) is 11.6 Å². The van der Waals surface area contributed by atoms with Gasteiger partial charge >= 0.3 is 0 Å². The Balaban J connectivity index is 3.35. The molecule has 0 fully saturated rings. The number of benzene rings is 1. The van der Waals surface area contributed by atoms with Crippen LogP contribution in [-0.2, 0) is 6.61 Å². The maximum absolute atomic E-state index is 13.3. The van der Waals surface area contributed by atoms with E-state index in [4.69, 9.17) is 5.11 Å². The van der Waals surface area contributed by atoms with Gasteiger partial charge in [0.25, 0.3) is 0 Å². The highest BCUT2D eigenvalue weighted by Gasteiger charge is 2.13. The summed E-state index contributed by atoms with van der Waals surface area (Å²) in [5.74, 6) is -1.53. The average molecular weight is 249 g/mol. The molecule has 0 atom stereocenters. The van der Waals surface area contributed by atoms with Gasteiger partial charge in [0.1, 0.15) is 11.6 Å². The summed E-state index contributed by atoms with van der Waals surface area (Å²) in [4.78, 5) is 0. The summed E-state index contributed by atoms with van der Waals surface area (Å²) in [5, 5.41) is 8.68. The molecule has 0 saturated carbocycles. The van der Waals surface area contributed by atoms with Gasteiger partial charge in [-0.05, 0) is 12.1 Å². The zero-order chi connectivity index (χ0) is 10.0. The molecule has 13 heavy (non-hydrogen) atoms. The van der Waals surface area contributed by atoms with Crippen molar-refractivity contribution in [2.45, 2.75) is 6.61 Å². The van der Waals surface area contributed by atoms with Crippen molar-refractivity contribution < 1.29 is 13.9 Å². The maximum atomic E-state index is 13.3. The van der Waals surface area contributed by atoms with E-state index in [0.717, 1.165) is 6.07 Å². The van der Waals surface area contributed by atoms with E-state index in [1.165, 1.54) is 6.07 Å². The van der Waals surface area contributed by atoms with Crippen LogP contribution < -0.4 is 0 Å². The van der Waals surface area contributed by atoms with E-state index in [0.29, 0.717) is 4.48 Å². The third-order valence-corrected chi connectivity index (χ3v) is 2.06. The highest BCUT2D eigenvalue weighted by atomic mass is 79.9. The highest BCUT2D eigenvalue weighted by Crippen LogP contribution is 2.25. The lowest BCUT2D eigenvalue weighted by Gasteiger charge is -2.05. The van der Waals surface area contributed by atoms with Crippen molar-refractivity contribution in [1.29, 1.82) is 0 Å². The van der Waals surface area contributed by atoms with Gasteiger partial charge in [-0.1, -0.05) is 22.5 Å². The summed E-state index contributed by atoms with van der Waals surface area (Å²) in [6.07, 6.45) is 0. The summed E-state index contributed by atoms with van der Waals surface area (Å²) >= 11 is 2.98. The summed E-state index contributed by atoms with van der Waals surface area (Å²) in [6.45, 7) is 2.80. The van der Waals surface area contributed by atoms with Crippen LogP contribution >= 0.6 is 15.9 Å². The lowest BCUT2D eigenvalue weighted by molar-refractivity contribution is 0.269. The van der Waals surface area contributed by atoms with Gasteiger partial charge in [-0.3, -0.25) is 0 Å². The van der Waals surface area contributed by atoms with E-state index in [-0.39, 0.29) is 11.1 Å². The Morgan fingerprint density at radius 1 is 1.46 bits per heavy atom. The molecule has 1 N–H and O–H groups in total. The van der Waals surface area contributed by atoms with E-state index < -0.39 is 18.2 Å². The Labute approximate surface area is 82.8 Å². The molecule has 0 radical (unpaired) electrons. The van der Waals surface area contributed by atoms with Gasteiger partial charge < -0.3 is 5.11 Å². The molecule has 0 aliphatic rings. The zero-order valence-corrected chi connectivity index (χ0v) is 8.24. The van der Waals surface area contributed by atoms with Gasteiger partial charge in [-0.2, -0.15) is 0 Å². The Morgan fingerprint density at radius 3 is 2.54 bits per heavy atom. The molecule has 0 aromatic heterocycles. The van der Waals surface area contributed by atoms with Crippen LogP contribution in [0.1, 0.15) is 11.1 Å². The molecule has 0 aliphatic carbocycles. The third kappa shape index (κ3) is 1.95. The Bertz CT molecular complexity index is 350. The zero-order valence-electron chi connectivity index (χ0n) is 6.65. The third-order valence-electron chi connectivity index (χ3n) is 1.64. The van der Waals surface area contributed by atoms with Crippen molar-refractivity contribution in [3.8, 4) is 0 Å². The number of aliphatic hydroxyl groups excluding tert-OH is 1. The smallest absolute Gasteiger partial charge is 0.139 e.